The highest BCUT2D eigenvalue weighted by Crippen LogP contribution is 2.31. The van der Waals surface area contributed by atoms with E-state index in [9.17, 15) is 4.79 Å². The van der Waals surface area contributed by atoms with Crippen LogP contribution in [0.2, 0.25) is 0 Å². The van der Waals surface area contributed by atoms with Gasteiger partial charge in [0.2, 0.25) is 0 Å². The highest BCUT2D eigenvalue weighted by Gasteiger charge is 2.43. The lowest BCUT2D eigenvalue weighted by molar-refractivity contribution is -0.148. The molecule has 0 atom stereocenters. The molecule has 0 bridgehead atoms. The number of hydrogen-bond donors (Lipinski definition) is 2. The van der Waals surface area contributed by atoms with Crippen molar-refractivity contribution in [1.82, 2.24) is 5.32 Å². The SMILES string of the molecule is [N-]=[N+]=NCCNC1(C(=O)O)CCC1. The standard InChI is InChI=1S/C7H12N4O2/c8-11-10-5-4-9-7(6(12)13)2-1-3-7/h9H,1-5H2,(H,12,13). The number of hydrogen-bond acceptors (Lipinski definition) is 3. The van der Waals surface area contributed by atoms with Crippen LogP contribution in [-0.4, -0.2) is 29.7 Å². The van der Waals surface area contributed by atoms with E-state index in [0.717, 1.165) is 6.42 Å². The molecule has 1 fully saturated rings. The summed E-state index contributed by atoms with van der Waals surface area (Å²) in [5, 5.41) is 15.1. The molecule has 1 aliphatic rings. The van der Waals surface area contributed by atoms with Gasteiger partial charge in [0.25, 0.3) is 0 Å². The predicted molar refractivity (Wildman–Crippen MR) is 46.2 cm³/mol. The molecule has 0 spiro atoms. The van der Waals surface area contributed by atoms with Crippen LogP contribution in [0.25, 0.3) is 10.4 Å². The van der Waals surface area contributed by atoms with Crippen LogP contribution in [0.4, 0.5) is 0 Å². The smallest absolute Gasteiger partial charge is 0.323 e. The third kappa shape index (κ3) is 2.11. The van der Waals surface area contributed by atoms with Crippen molar-refractivity contribution < 1.29 is 9.90 Å². The second-order valence-electron chi connectivity index (χ2n) is 3.12. The van der Waals surface area contributed by atoms with E-state index >= 15 is 0 Å². The van der Waals surface area contributed by atoms with Crippen LogP contribution in [0.15, 0.2) is 5.11 Å². The van der Waals surface area contributed by atoms with Crippen molar-refractivity contribution in [1.29, 1.82) is 0 Å². The van der Waals surface area contributed by atoms with E-state index in [0.29, 0.717) is 25.9 Å². The second kappa shape index (κ2) is 4.11. The molecule has 2 N–H and O–H groups in total. The van der Waals surface area contributed by atoms with Gasteiger partial charge in [0, 0.05) is 18.0 Å². The number of azide groups is 1. The van der Waals surface area contributed by atoms with Gasteiger partial charge in [-0.2, -0.15) is 0 Å². The number of rotatable bonds is 5. The average Bonchev–Trinajstić information content (AvgIpc) is 2.01. The van der Waals surface area contributed by atoms with Crippen LogP contribution in [-0.2, 0) is 4.79 Å². The van der Waals surface area contributed by atoms with Gasteiger partial charge in [-0.15, -0.1) is 0 Å². The van der Waals surface area contributed by atoms with E-state index in [1.165, 1.54) is 0 Å². The van der Waals surface area contributed by atoms with Crippen molar-refractivity contribution in [2.24, 2.45) is 5.11 Å². The predicted octanol–water partition coefficient (Wildman–Crippen LogP) is 0.894. The monoisotopic (exact) mass is 184 g/mol. The first-order chi connectivity index (χ1) is 6.21. The summed E-state index contributed by atoms with van der Waals surface area (Å²) >= 11 is 0. The average molecular weight is 184 g/mol. The van der Waals surface area contributed by atoms with Gasteiger partial charge in [-0.05, 0) is 24.8 Å². The lowest BCUT2D eigenvalue weighted by Gasteiger charge is -2.38. The molecule has 6 nitrogen and oxygen atoms in total. The minimum absolute atomic E-state index is 0.297. The van der Waals surface area contributed by atoms with E-state index in [4.69, 9.17) is 10.6 Å². The number of carboxylic acid groups (broad SMARTS) is 1. The highest BCUT2D eigenvalue weighted by atomic mass is 16.4. The second-order valence-corrected chi connectivity index (χ2v) is 3.12. The number of carbonyl (C=O) groups is 1. The Bertz CT molecular complexity index is 243. The van der Waals surface area contributed by atoms with Crippen molar-refractivity contribution in [3.8, 4) is 0 Å². The van der Waals surface area contributed by atoms with Gasteiger partial charge in [-0.25, -0.2) is 0 Å². The molecular weight excluding hydrogens is 172 g/mol. The largest absolute Gasteiger partial charge is 0.480 e. The van der Waals surface area contributed by atoms with Gasteiger partial charge in [-0.1, -0.05) is 5.11 Å². The summed E-state index contributed by atoms with van der Waals surface area (Å²) < 4.78 is 0. The Balaban J connectivity index is 2.32. The Morgan fingerprint density at radius 3 is 2.77 bits per heavy atom. The number of aliphatic carboxylic acids is 1. The Kier molecular flexibility index (Phi) is 3.11. The summed E-state index contributed by atoms with van der Waals surface area (Å²) in [6.07, 6.45) is 2.28. The van der Waals surface area contributed by atoms with E-state index in [1.807, 2.05) is 0 Å². The molecule has 0 aliphatic heterocycles. The topological polar surface area (TPSA) is 98.1 Å². The van der Waals surface area contributed by atoms with Crippen LogP contribution < -0.4 is 5.32 Å². The van der Waals surface area contributed by atoms with Gasteiger partial charge in [0.15, 0.2) is 0 Å². The number of carboxylic acids is 1. The van der Waals surface area contributed by atoms with Crippen LogP contribution >= 0.6 is 0 Å². The van der Waals surface area contributed by atoms with Gasteiger partial charge in [0.05, 0.1) is 0 Å². The van der Waals surface area contributed by atoms with Crippen LogP contribution in [0.5, 0.6) is 0 Å². The van der Waals surface area contributed by atoms with Crippen LogP contribution in [0.3, 0.4) is 0 Å². The van der Waals surface area contributed by atoms with Crippen molar-refractivity contribution in [3.05, 3.63) is 10.4 Å². The molecule has 0 radical (unpaired) electrons. The van der Waals surface area contributed by atoms with Crippen molar-refractivity contribution in [2.75, 3.05) is 13.1 Å². The normalized spacial score (nSPS) is 18.5. The lowest BCUT2D eigenvalue weighted by Crippen LogP contribution is -2.57. The fourth-order valence-corrected chi connectivity index (χ4v) is 1.39. The molecular formula is C7H12N4O2. The maximum Gasteiger partial charge on any atom is 0.323 e. The zero-order valence-corrected chi connectivity index (χ0v) is 7.23. The Labute approximate surface area is 75.6 Å². The van der Waals surface area contributed by atoms with Gasteiger partial charge in [0.1, 0.15) is 5.54 Å². The number of nitrogens with one attached hydrogen (secondary N) is 1. The third-order valence-corrected chi connectivity index (χ3v) is 2.35. The molecule has 13 heavy (non-hydrogen) atoms. The van der Waals surface area contributed by atoms with Gasteiger partial charge >= 0.3 is 5.97 Å². The van der Waals surface area contributed by atoms with E-state index in [1.54, 1.807) is 0 Å². The van der Waals surface area contributed by atoms with E-state index < -0.39 is 11.5 Å². The zero-order valence-electron chi connectivity index (χ0n) is 7.23. The van der Waals surface area contributed by atoms with Gasteiger partial charge < -0.3 is 10.4 Å². The first-order valence-electron chi connectivity index (χ1n) is 4.20. The molecule has 0 saturated heterocycles. The molecule has 72 valence electrons. The van der Waals surface area contributed by atoms with E-state index in [-0.39, 0.29) is 0 Å². The van der Waals surface area contributed by atoms with Crippen molar-refractivity contribution >= 4 is 5.97 Å². The molecule has 0 heterocycles. The number of nitrogens with zero attached hydrogens (tertiary/aromatic N) is 3. The van der Waals surface area contributed by atoms with Crippen molar-refractivity contribution in [2.45, 2.75) is 24.8 Å². The summed E-state index contributed by atoms with van der Waals surface area (Å²) in [7, 11) is 0. The quantitative estimate of drug-likeness (QED) is 0.287. The maximum absolute atomic E-state index is 10.8. The third-order valence-electron chi connectivity index (χ3n) is 2.35. The molecule has 1 aliphatic carbocycles. The summed E-state index contributed by atoms with van der Waals surface area (Å²) in [5.41, 5.74) is 7.25. The Morgan fingerprint density at radius 1 is 1.69 bits per heavy atom. The Morgan fingerprint density at radius 2 is 2.38 bits per heavy atom. The lowest BCUT2D eigenvalue weighted by atomic mass is 9.77. The summed E-state index contributed by atoms with van der Waals surface area (Å²) in [5.74, 6) is -0.806. The minimum atomic E-state index is -0.806. The molecule has 0 aromatic rings. The zero-order chi connectivity index (χ0) is 9.73. The molecule has 0 amide bonds. The molecule has 0 aromatic carbocycles. The maximum atomic E-state index is 10.8. The fourth-order valence-electron chi connectivity index (χ4n) is 1.39. The summed E-state index contributed by atoms with van der Waals surface area (Å²) in [4.78, 5) is 13.4. The highest BCUT2D eigenvalue weighted by molar-refractivity contribution is 5.79. The molecule has 0 unspecified atom stereocenters. The molecule has 1 saturated carbocycles. The molecule has 1 rings (SSSR count). The van der Waals surface area contributed by atoms with E-state index in [2.05, 4.69) is 15.3 Å². The summed E-state index contributed by atoms with van der Waals surface area (Å²) in [6, 6.07) is 0. The summed E-state index contributed by atoms with van der Waals surface area (Å²) in [6.45, 7) is 0.724. The van der Waals surface area contributed by atoms with Gasteiger partial charge in [-0.3, -0.25) is 4.79 Å². The Hall–Kier alpha value is -1.26. The van der Waals surface area contributed by atoms with Crippen LogP contribution in [0, 0.1) is 0 Å². The fraction of sp³-hybridized carbons (Fsp3) is 0.857. The first kappa shape index (κ1) is 9.83. The molecule has 6 heteroatoms. The van der Waals surface area contributed by atoms with Crippen LogP contribution in [0.1, 0.15) is 19.3 Å². The molecule has 0 aromatic heterocycles. The minimum Gasteiger partial charge on any atom is -0.480 e. The first-order valence-corrected chi connectivity index (χ1v) is 4.20. The van der Waals surface area contributed by atoms with Crippen molar-refractivity contribution in [3.63, 3.8) is 0 Å².